The molecule has 1 saturated heterocycles. The van der Waals surface area contributed by atoms with Gasteiger partial charge in [-0.05, 0) is 42.2 Å². The fourth-order valence-corrected chi connectivity index (χ4v) is 4.85. The van der Waals surface area contributed by atoms with Gasteiger partial charge in [-0.2, -0.15) is 0 Å². The number of likely N-dealkylation sites (tertiary alicyclic amines) is 1. The van der Waals surface area contributed by atoms with E-state index >= 15 is 0 Å². The lowest BCUT2D eigenvalue weighted by Gasteiger charge is -2.19. The lowest BCUT2D eigenvalue weighted by atomic mass is 9.85. The molecule has 136 valence electrons. The van der Waals surface area contributed by atoms with Crippen LogP contribution < -0.4 is 5.32 Å². The second-order valence-electron chi connectivity index (χ2n) is 7.47. The van der Waals surface area contributed by atoms with Crippen LogP contribution in [0.1, 0.15) is 31.4 Å². The zero-order valence-corrected chi connectivity index (χ0v) is 15.2. The minimum absolute atomic E-state index is 0.169. The van der Waals surface area contributed by atoms with Crippen molar-refractivity contribution >= 4 is 23.4 Å². The van der Waals surface area contributed by atoms with Crippen molar-refractivity contribution in [2.24, 2.45) is 23.7 Å². The van der Waals surface area contributed by atoms with Crippen LogP contribution in [0.4, 0.5) is 5.69 Å². The first-order valence-electron chi connectivity index (χ1n) is 9.49. The number of rotatable bonds is 5. The molecular formula is C21H24N2O3. The summed E-state index contributed by atoms with van der Waals surface area (Å²) in [6.45, 7) is 3.90. The molecule has 0 aromatic heterocycles. The number of carbonyl (C=O) groups excluding carboxylic acids is 3. The largest absolute Gasteiger partial charge is 0.324 e. The molecule has 5 nitrogen and oxygen atoms in total. The van der Waals surface area contributed by atoms with Crippen molar-refractivity contribution in [3.63, 3.8) is 0 Å². The Bertz CT molecular complexity index is 761. The fourth-order valence-electron chi connectivity index (χ4n) is 4.85. The summed E-state index contributed by atoms with van der Waals surface area (Å²) in [7, 11) is 0. The second kappa shape index (κ2) is 6.38. The predicted molar refractivity (Wildman–Crippen MR) is 98.3 cm³/mol. The third-order valence-corrected chi connectivity index (χ3v) is 6.13. The molecule has 1 aromatic rings. The molecule has 1 aliphatic heterocycles. The minimum Gasteiger partial charge on any atom is -0.324 e. The summed E-state index contributed by atoms with van der Waals surface area (Å²) >= 11 is 0. The first-order valence-corrected chi connectivity index (χ1v) is 9.49. The number of nitrogens with zero attached hydrogens (tertiary/aromatic N) is 1. The number of amides is 3. The second-order valence-corrected chi connectivity index (χ2v) is 7.47. The molecule has 3 amide bonds. The van der Waals surface area contributed by atoms with Crippen LogP contribution in [0.5, 0.6) is 0 Å². The maximum absolute atomic E-state index is 12.7. The van der Waals surface area contributed by atoms with E-state index in [0.717, 1.165) is 36.1 Å². The topological polar surface area (TPSA) is 66.5 Å². The minimum atomic E-state index is -0.303. The van der Waals surface area contributed by atoms with Crippen LogP contribution in [-0.2, 0) is 27.2 Å². The molecule has 1 heterocycles. The van der Waals surface area contributed by atoms with E-state index in [4.69, 9.17) is 0 Å². The van der Waals surface area contributed by atoms with Gasteiger partial charge in [0.25, 0.3) is 0 Å². The van der Waals surface area contributed by atoms with Gasteiger partial charge >= 0.3 is 0 Å². The molecule has 5 heteroatoms. The number of imide groups is 1. The molecule has 1 aromatic carbocycles. The Labute approximate surface area is 153 Å². The summed E-state index contributed by atoms with van der Waals surface area (Å²) in [5, 5.41) is 2.95. The third kappa shape index (κ3) is 2.49. The van der Waals surface area contributed by atoms with Crippen LogP contribution in [0.15, 0.2) is 30.4 Å². The Morgan fingerprint density at radius 2 is 1.58 bits per heavy atom. The highest BCUT2D eigenvalue weighted by molar-refractivity contribution is 6.09. The van der Waals surface area contributed by atoms with Crippen molar-refractivity contribution in [1.82, 2.24) is 4.90 Å². The SMILES string of the molecule is CCc1cccc(CC)c1NC(=O)CN1C(=O)[C@@H]2[C@H](C1=O)[C@@H]1C=C[C@@H]2C1. The third-order valence-electron chi connectivity index (χ3n) is 6.13. The van der Waals surface area contributed by atoms with Gasteiger partial charge in [0.05, 0.1) is 11.8 Å². The number of hydrogen-bond donors (Lipinski definition) is 1. The number of benzene rings is 1. The highest BCUT2D eigenvalue weighted by atomic mass is 16.2. The van der Waals surface area contributed by atoms with Crippen molar-refractivity contribution in [3.05, 3.63) is 41.5 Å². The zero-order chi connectivity index (χ0) is 18.4. The molecule has 0 unspecified atom stereocenters. The van der Waals surface area contributed by atoms with Gasteiger partial charge in [-0.25, -0.2) is 0 Å². The molecule has 4 atom stereocenters. The average molecular weight is 352 g/mol. The number of carbonyl (C=O) groups is 3. The van der Waals surface area contributed by atoms with Crippen LogP contribution in [0.2, 0.25) is 0 Å². The Morgan fingerprint density at radius 3 is 2.08 bits per heavy atom. The van der Waals surface area contributed by atoms with E-state index in [1.807, 2.05) is 32.0 Å². The van der Waals surface area contributed by atoms with Gasteiger partial charge in [0.2, 0.25) is 17.7 Å². The number of fused-ring (bicyclic) bond motifs is 5. The molecule has 2 aliphatic carbocycles. The van der Waals surface area contributed by atoms with E-state index < -0.39 is 0 Å². The summed E-state index contributed by atoms with van der Waals surface area (Å²) < 4.78 is 0. The number of allylic oxidation sites excluding steroid dienone is 2. The van der Waals surface area contributed by atoms with Crippen LogP contribution in [0.25, 0.3) is 0 Å². The lowest BCUT2D eigenvalue weighted by molar-refractivity contribution is -0.143. The van der Waals surface area contributed by atoms with Gasteiger partial charge in [-0.15, -0.1) is 0 Å². The lowest BCUT2D eigenvalue weighted by Crippen LogP contribution is -2.39. The van der Waals surface area contributed by atoms with E-state index in [9.17, 15) is 14.4 Å². The van der Waals surface area contributed by atoms with Gasteiger partial charge in [0, 0.05) is 5.69 Å². The molecule has 0 spiro atoms. The van der Waals surface area contributed by atoms with Crippen LogP contribution in [0, 0.1) is 23.7 Å². The van der Waals surface area contributed by atoms with Crippen molar-refractivity contribution in [2.75, 3.05) is 11.9 Å². The van der Waals surface area contributed by atoms with Gasteiger partial charge < -0.3 is 5.32 Å². The molecule has 26 heavy (non-hydrogen) atoms. The van der Waals surface area contributed by atoms with Crippen molar-refractivity contribution in [3.8, 4) is 0 Å². The molecule has 4 rings (SSSR count). The maximum atomic E-state index is 12.7. The molecule has 2 fully saturated rings. The number of aryl methyl sites for hydroxylation is 2. The summed E-state index contributed by atoms with van der Waals surface area (Å²) in [6, 6.07) is 5.98. The Hall–Kier alpha value is -2.43. The number of anilines is 1. The smallest absolute Gasteiger partial charge is 0.244 e. The summed E-state index contributed by atoms with van der Waals surface area (Å²) in [4.78, 5) is 39.2. The molecule has 3 aliphatic rings. The normalized spacial score (nSPS) is 28.8. The molecule has 1 saturated carbocycles. The molecule has 1 N–H and O–H groups in total. The molecular weight excluding hydrogens is 328 g/mol. The van der Waals surface area contributed by atoms with Gasteiger partial charge in [-0.3, -0.25) is 19.3 Å². The van der Waals surface area contributed by atoms with Crippen molar-refractivity contribution < 1.29 is 14.4 Å². The van der Waals surface area contributed by atoms with E-state index in [1.165, 1.54) is 4.90 Å². The van der Waals surface area contributed by atoms with Gasteiger partial charge in [0.1, 0.15) is 6.54 Å². The number of hydrogen-bond acceptors (Lipinski definition) is 3. The predicted octanol–water partition coefficient (Wildman–Crippen LogP) is 2.56. The van der Waals surface area contributed by atoms with E-state index in [0.29, 0.717) is 0 Å². The molecule has 0 radical (unpaired) electrons. The fraction of sp³-hybridized carbons (Fsp3) is 0.476. The zero-order valence-electron chi connectivity index (χ0n) is 15.2. The standard InChI is InChI=1S/C21H24N2O3/c1-3-12-6-5-7-13(4-2)19(12)22-16(24)11-23-20(25)17-14-8-9-15(10-14)18(17)21(23)26/h5-9,14-15,17-18H,3-4,10-11H2,1-2H3,(H,22,24)/t14-,15-,17-,18+/m1/s1. The van der Waals surface area contributed by atoms with E-state index in [2.05, 4.69) is 17.5 Å². The highest BCUT2D eigenvalue weighted by Gasteiger charge is 2.59. The van der Waals surface area contributed by atoms with E-state index in [1.54, 1.807) is 0 Å². The number of para-hydroxylation sites is 1. The highest BCUT2D eigenvalue weighted by Crippen LogP contribution is 2.52. The van der Waals surface area contributed by atoms with Crippen LogP contribution in [-0.4, -0.2) is 29.2 Å². The average Bonchev–Trinajstić information content (AvgIpc) is 3.32. The van der Waals surface area contributed by atoms with Crippen LogP contribution in [0.3, 0.4) is 0 Å². The Morgan fingerprint density at radius 1 is 1.04 bits per heavy atom. The monoisotopic (exact) mass is 352 g/mol. The summed E-state index contributed by atoms with van der Waals surface area (Å²) in [6.07, 6.45) is 6.64. The van der Waals surface area contributed by atoms with Crippen molar-refractivity contribution in [2.45, 2.75) is 33.1 Å². The number of nitrogens with one attached hydrogen (secondary N) is 1. The Kier molecular flexibility index (Phi) is 4.17. The summed E-state index contributed by atoms with van der Waals surface area (Å²) in [5.41, 5.74) is 2.95. The molecule has 2 bridgehead atoms. The first-order chi connectivity index (χ1) is 12.5. The van der Waals surface area contributed by atoms with Gasteiger partial charge in [0.15, 0.2) is 0 Å². The quantitative estimate of drug-likeness (QED) is 0.654. The summed E-state index contributed by atoms with van der Waals surface area (Å²) in [5.74, 6) is -0.816. The van der Waals surface area contributed by atoms with Crippen LogP contribution >= 0.6 is 0 Å². The van der Waals surface area contributed by atoms with Crippen molar-refractivity contribution in [1.29, 1.82) is 0 Å². The van der Waals surface area contributed by atoms with Gasteiger partial charge in [-0.1, -0.05) is 44.2 Å². The maximum Gasteiger partial charge on any atom is 0.244 e. The Balaban J connectivity index is 1.50. The van der Waals surface area contributed by atoms with E-state index in [-0.39, 0.29) is 47.9 Å². The first kappa shape index (κ1) is 17.0.